The molecule has 1 aromatic heterocycles. The predicted octanol–water partition coefficient (Wildman–Crippen LogP) is -3.53. The number of nitrogens with one attached hydrogen (secondary N) is 6. The summed E-state index contributed by atoms with van der Waals surface area (Å²) in [5, 5.41) is 44.7. The van der Waals surface area contributed by atoms with Gasteiger partial charge in [-0.2, -0.15) is 23.5 Å². The van der Waals surface area contributed by atoms with Crippen molar-refractivity contribution in [3.63, 3.8) is 0 Å². The fourth-order valence-corrected chi connectivity index (χ4v) is 7.32. The molecule has 0 aromatic carbocycles. The number of amides is 6. The van der Waals surface area contributed by atoms with Crippen LogP contribution in [0.5, 0.6) is 0 Å². The van der Waals surface area contributed by atoms with Gasteiger partial charge < -0.3 is 64.4 Å². The van der Waals surface area contributed by atoms with E-state index in [0.717, 1.165) is 0 Å². The number of nitrogens with zero attached hydrogens (tertiary/aromatic N) is 2. The number of aliphatic hydroxyl groups excluding tert-OH is 1. The fourth-order valence-electron chi connectivity index (χ4n) is 5.42. The number of guanidine groups is 1. The first-order valence-corrected chi connectivity index (χ1v) is 20.9. The summed E-state index contributed by atoms with van der Waals surface area (Å²) in [6.45, 7) is 3.93. The van der Waals surface area contributed by atoms with Crippen molar-refractivity contribution in [3.8, 4) is 0 Å². The van der Waals surface area contributed by atoms with Gasteiger partial charge in [0, 0.05) is 36.0 Å². The predicted molar refractivity (Wildman–Crippen MR) is 218 cm³/mol. The molecule has 0 aliphatic carbocycles. The Balaban J connectivity index is 2.60. The van der Waals surface area contributed by atoms with Gasteiger partial charge in [0.15, 0.2) is 5.96 Å². The van der Waals surface area contributed by atoms with Crippen LogP contribution >= 0.6 is 23.5 Å². The van der Waals surface area contributed by atoms with Gasteiger partial charge in [0.1, 0.15) is 36.3 Å². The SMILES string of the molecule is CC(C)[C@@H]1NC(=O)[C@H](CCC(=O)O)NC(=O)[C@H](CCCN=C(N)N)NC(=O)[C@H]([C@@H](C)O)NC(=O)[C@@H](NC(=O)CN)CSCc2cccc(n2)CSC[C@@H](C(=O)O)NC1=O. The zero-order valence-corrected chi connectivity index (χ0v) is 34.6. The number of aliphatic imine (C=N–C) groups is 1. The van der Waals surface area contributed by atoms with E-state index >= 15 is 0 Å². The number of pyridine rings is 1. The summed E-state index contributed by atoms with van der Waals surface area (Å²) < 4.78 is 0. The highest BCUT2D eigenvalue weighted by Crippen LogP contribution is 2.17. The Labute approximate surface area is 349 Å². The number of aromatic nitrogens is 1. The van der Waals surface area contributed by atoms with E-state index in [-0.39, 0.29) is 48.4 Å². The minimum Gasteiger partial charge on any atom is -0.481 e. The van der Waals surface area contributed by atoms with Crippen molar-refractivity contribution in [1.82, 2.24) is 36.9 Å². The van der Waals surface area contributed by atoms with Gasteiger partial charge in [0.05, 0.1) is 24.0 Å². The zero-order valence-electron chi connectivity index (χ0n) is 33.0. The molecule has 24 heteroatoms. The van der Waals surface area contributed by atoms with E-state index in [1.807, 2.05) is 0 Å². The molecule has 22 nitrogen and oxygen atoms in total. The van der Waals surface area contributed by atoms with Crippen LogP contribution in [-0.4, -0.2) is 141 Å². The van der Waals surface area contributed by atoms with Crippen molar-refractivity contribution < 1.29 is 53.7 Å². The number of thioether (sulfide) groups is 2. The topological polar surface area (TPSA) is 373 Å². The van der Waals surface area contributed by atoms with Crippen molar-refractivity contribution in [1.29, 1.82) is 0 Å². The van der Waals surface area contributed by atoms with Crippen LogP contribution < -0.4 is 49.1 Å². The second kappa shape index (κ2) is 25.3. The molecule has 6 amide bonds. The monoisotopic (exact) mass is 869 g/mol. The molecular formula is C35H55N11O11S2. The molecule has 1 aliphatic heterocycles. The van der Waals surface area contributed by atoms with E-state index < -0.39 is 115 Å². The summed E-state index contributed by atoms with van der Waals surface area (Å²) in [6, 6.07) is -3.50. The molecule has 0 unspecified atom stereocenters. The molecule has 0 saturated carbocycles. The third kappa shape index (κ3) is 18.1. The van der Waals surface area contributed by atoms with Crippen molar-refractivity contribution in [3.05, 3.63) is 29.6 Å². The molecule has 0 spiro atoms. The Morgan fingerprint density at radius 3 is 1.95 bits per heavy atom. The normalized spacial score (nSPS) is 23.7. The Bertz CT molecular complexity index is 1680. The number of hydrogen-bond donors (Lipinski definition) is 12. The first kappa shape index (κ1) is 49.9. The minimum atomic E-state index is -1.67. The van der Waals surface area contributed by atoms with E-state index in [4.69, 9.17) is 17.2 Å². The van der Waals surface area contributed by atoms with Crippen LogP contribution in [-0.2, 0) is 49.9 Å². The lowest BCUT2D eigenvalue weighted by Gasteiger charge is -2.28. The van der Waals surface area contributed by atoms with Gasteiger partial charge in [-0.3, -0.25) is 43.5 Å². The second-order valence-corrected chi connectivity index (χ2v) is 15.9. The summed E-state index contributed by atoms with van der Waals surface area (Å²) >= 11 is 2.39. The molecule has 0 radical (unpaired) electrons. The van der Waals surface area contributed by atoms with Crippen molar-refractivity contribution in [2.75, 3.05) is 24.6 Å². The summed E-state index contributed by atoms with van der Waals surface area (Å²) in [6.07, 6.45) is -2.67. The quantitative estimate of drug-likeness (QED) is 0.0550. The standard InChI is InChI=1S/C35H55N11O11S2/c1-17(2)27-32(54)44-24(34(56)57)16-59-14-20-7-4-6-19(40-20)13-58-15-23(41-25(48)12-36)31(53)46-28(18(3)47)33(55)43-21(8-5-11-39-35(37)38)29(51)42-22(30(52)45-27)9-10-26(49)50/h4,6-7,17-18,21-24,27-28,47H,5,8-16,36H2,1-3H3,(H,41,48)(H,42,51)(H,43,55)(H,44,54)(H,45,52)(H,46,53)(H,49,50)(H,56,57)(H4,37,38,39)/t18-,21+,22+,23+,24+,27+,28+/m1/s1. The summed E-state index contributed by atoms with van der Waals surface area (Å²) in [7, 11) is 0. The number of fused-ring (bicyclic) bond motifs is 2. The molecule has 0 fully saturated rings. The zero-order chi connectivity index (χ0) is 44.2. The van der Waals surface area contributed by atoms with Crippen molar-refractivity contribution >= 4 is 76.9 Å². The third-order valence-electron chi connectivity index (χ3n) is 8.55. The van der Waals surface area contributed by atoms with Gasteiger partial charge >= 0.3 is 11.9 Å². The van der Waals surface area contributed by atoms with E-state index in [1.54, 1.807) is 32.0 Å². The lowest BCUT2D eigenvalue weighted by molar-refractivity contribution is -0.142. The molecule has 2 bridgehead atoms. The van der Waals surface area contributed by atoms with E-state index in [9.17, 15) is 53.7 Å². The number of carboxylic acids is 2. The molecule has 1 aromatic rings. The molecule has 2 rings (SSSR count). The van der Waals surface area contributed by atoms with Crippen LogP contribution in [0.3, 0.4) is 0 Å². The molecule has 59 heavy (non-hydrogen) atoms. The van der Waals surface area contributed by atoms with Crippen molar-refractivity contribution in [2.45, 2.75) is 100 Å². The Kier molecular flexibility index (Phi) is 21.4. The van der Waals surface area contributed by atoms with Crippen LogP contribution in [0.1, 0.15) is 57.8 Å². The first-order valence-electron chi connectivity index (χ1n) is 18.6. The maximum absolute atomic E-state index is 13.8. The Morgan fingerprint density at radius 1 is 0.831 bits per heavy atom. The highest BCUT2D eigenvalue weighted by molar-refractivity contribution is 7.98. The Hall–Kier alpha value is -5.20. The first-order chi connectivity index (χ1) is 27.8. The second-order valence-electron chi connectivity index (χ2n) is 13.8. The fraction of sp³-hybridized carbons (Fsp3) is 0.600. The average Bonchev–Trinajstić information content (AvgIpc) is 3.16. The highest BCUT2D eigenvalue weighted by Gasteiger charge is 2.35. The molecule has 1 aliphatic rings. The van der Waals surface area contributed by atoms with Gasteiger partial charge in [-0.15, -0.1) is 0 Å². The number of aliphatic hydroxyl groups is 1. The molecular weight excluding hydrogens is 815 g/mol. The lowest BCUT2D eigenvalue weighted by atomic mass is 10.0. The van der Waals surface area contributed by atoms with E-state index in [0.29, 0.717) is 11.4 Å². The number of hydrogen-bond acceptors (Lipinski definition) is 14. The number of carbonyl (C=O) groups excluding carboxylic acids is 6. The van der Waals surface area contributed by atoms with Crippen LogP contribution in [0.15, 0.2) is 23.2 Å². The minimum absolute atomic E-state index is 0.00249. The van der Waals surface area contributed by atoms with Crippen LogP contribution in [0.4, 0.5) is 0 Å². The number of rotatable bonds is 12. The molecule has 328 valence electrons. The number of carbonyl (C=O) groups is 8. The third-order valence-corrected chi connectivity index (χ3v) is 10.7. The van der Waals surface area contributed by atoms with Gasteiger partial charge in [-0.05, 0) is 44.2 Å². The summed E-state index contributed by atoms with van der Waals surface area (Å²) in [5.41, 5.74) is 17.5. The molecule has 15 N–H and O–H groups in total. The van der Waals surface area contributed by atoms with Gasteiger partial charge in [0.25, 0.3) is 0 Å². The number of aliphatic carboxylic acids is 2. The Morgan fingerprint density at radius 2 is 1.39 bits per heavy atom. The average molecular weight is 870 g/mol. The summed E-state index contributed by atoms with van der Waals surface area (Å²) in [4.78, 5) is 113. The maximum Gasteiger partial charge on any atom is 0.327 e. The number of carboxylic acid groups (broad SMARTS) is 2. The number of nitrogens with two attached hydrogens (primary N) is 3. The lowest BCUT2D eigenvalue weighted by Crippen LogP contribution is -2.61. The summed E-state index contributed by atoms with van der Waals surface area (Å²) in [5.74, 6) is -8.49. The molecule has 2 heterocycles. The van der Waals surface area contributed by atoms with Crippen molar-refractivity contribution in [2.24, 2.45) is 28.1 Å². The van der Waals surface area contributed by atoms with E-state index in [2.05, 4.69) is 41.9 Å². The van der Waals surface area contributed by atoms with Gasteiger partial charge in [-0.25, -0.2) is 4.79 Å². The van der Waals surface area contributed by atoms with Gasteiger partial charge in [-0.1, -0.05) is 19.9 Å². The van der Waals surface area contributed by atoms with Crippen LogP contribution in [0.25, 0.3) is 0 Å². The molecule has 7 atom stereocenters. The largest absolute Gasteiger partial charge is 0.481 e. The van der Waals surface area contributed by atoms with Crippen LogP contribution in [0, 0.1) is 5.92 Å². The maximum atomic E-state index is 13.8. The van der Waals surface area contributed by atoms with E-state index in [1.165, 1.54) is 30.4 Å². The molecule has 0 saturated heterocycles. The smallest absolute Gasteiger partial charge is 0.327 e. The van der Waals surface area contributed by atoms with Gasteiger partial charge in [0.2, 0.25) is 35.4 Å². The van der Waals surface area contributed by atoms with Crippen LogP contribution in [0.2, 0.25) is 0 Å². The highest BCUT2D eigenvalue weighted by atomic mass is 32.2.